The zero-order valence-corrected chi connectivity index (χ0v) is 13.0. The summed E-state index contributed by atoms with van der Waals surface area (Å²) in [4.78, 5) is 4.75. The monoisotopic (exact) mass is 287 g/mol. The quantitative estimate of drug-likeness (QED) is 0.626. The molecule has 3 rings (SSSR count). The molecule has 1 saturated carbocycles. The van der Waals surface area contributed by atoms with E-state index in [4.69, 9.17) is 15.5 Å². The molecule has 1 fully saturated rings. The normalized spacial score (nSPS) is 15.2. The smallest absolute Gasteiger partial charge is 0.112 e. The van der Waals surface area contributed by atoms with Crippen molar-refractivity contribution >= 4 is 16.7 Å². The van der Waals surface area contributed by atoms with E-state index in [0.717, 1.165) is 49.1 Å². The number of benzene rings is 1. The third kappa shape index (κ3) is 3.38. The maximum atomic E-state index is 5.86. The number of aryl methyl sites for hydroxylation is 1. The van der Waals surface area contributed by atoms with E-state index in [0.29, 0.717) is 5.92 Å². The van der Waals surface area contributed by atoms with E-state index in [1.165, 1.54) is 18.4 Å². The van der Waals surface area contributed by atoms with Gasteiger partial charge in [-0.1, -0.05) is 13.8 Å². The fourth-order valence-corrected chi connectivity index (χ4v) is 2.70. The molecule has 4 nitrogen and oxygen atoms in total. The highest BCUT2D eigenvalue weighted by atomic mass is 16.5. The van der Waals surface area contributed by atoms with Crippen molar-refractivity contribution in [2.75, 3.05) is 18.9 Å². The first-order valence-corrected chi connectivity index (χ1v) is 7.98. The van der Waals surface area contributed by atoms with Crippen LogP contribution in [-0.4, -0.2) is 22.8 Å². The molecular weight excluding hydrogens is 262 g/mol. The molecule has 0 atom stereocenters. The molecule has 2 N–H and O–H groups in total. The van der Waals surface area contributed by atoms with Gasteiger partial charge in [-0.3, -0.25) is 0 Å². The number of rotatable bonds is 7. The van der Waals surface area contributed by atoms with E-state index < -0.39 is 0 Å². The highest BCUT2D eigenvalue weighted by molar-refractivity contribution is 5.79. The molecule has 0 radical (unpaired) electrons. The Balaban J connectivity index is 1.70. The molecule has 1 aliphatic rings. The topological polar surface area (TPSA) is 53.1 Å². The van der Waals surface area contributed by atoms with E-state index in [1.54, 1.807) is 0 Å². The predicted octanol–water partition coefficient (Wildman–Crippen LogP) is 3.56. The first-order chi connectivity index (χ1) is 10.1. The van der Waals surface area contributed by atoms with E-state index in [-0.39, 0.29) is 0 Å². The van der Waals surface area contributed by atoms with Gasteiger partial charge in [0.25, 0.3) is 0 Å². The van der Waals surface area contributed by atoms with Crippen molar-refractivity contribution in [3.05, 3.63) is 24.0 Å². The molecule has 1 aliphatic carbocycles. The summed E-state index contributed by atoms with van der Waals surface area (Å²) in [5.41, 5.74) is 8.81. The van der Waals surface area contributed by atoms with Crippen molar-refractivity contribution in [1.82, 2.24) is 9.55 Å². The summed E-state index contributed by atoms with van der Waals surface area (Å²) in [5, 5.41) is 0. The number of nitrogens with two attached hydrogens (primary N) is 1. The van der Waals surface area contributed by atoms with Crippen LogP contribution in [0.2, 0.25) is 0 Å². The molecule has 114 valence electrons. The van der Waals surface area contributed by atoms with Gasteiger partial charge in [-0.25, -0.2) is 4.98 Å². The van der Waals surface area contributed by atoms with Crippen molar-refractivity contribution in [2.24, 2.45) is 5.92 Å². The van der Waals surface area contributed by atoms with Crippen LogP contribution < -0.4 is 5.73 Å². The predicted molar refractivity (Wildman–Crippen MR) is 86.4 cm³/mol. The second-order valence-electron chi connectivity index (χ2n) is 6.40. The number of fused-ring (bicyclic) bond motifs is 1. The number of hydrogen-bond donors (Lipinski definition) is 1. The first kappa shape index (κ1) is 14.4. The lowest BCUT2D eigenvalue weighted by Crippen LogP contribution is -2.08. The summed E-state index contributed by atoms with van der Waals surface area (Å²) in [6.45, 7) is 7.11. The summed E-state index contributed by atoms with van der Waals surface area (Å²) in [7, 11) is 0. The van der Waals surface area contributed by atoms with Gasteiger partial charge < -0.3 is 15.0 Å². The fourth-order valence-electron chi connectivity index (χ4n) is 2.70. The molecule has 0 amide bonds. The van der Waals surface area contributed by atoms with Gasteiger partial charge in [0.1, 0.15) is 5.82 Å². The fraction of sp³-hybridized carbons (Fsp3) is 0.588. The molecule has 2 aromatic rings. The van der Waals surface area contributed by atoms with Crippen LogP contribution >= 0.6 is 0 Å². The van der Waals surface area contributed by atoms with Crippen LogP contribution in [0, 0.1) is 5.92 Å². The van der Waals surface area contributed by atoms with Gasteiger partial charge in [-0.15, -0.1) is 0 Å². The molecule has 1 aromatic carbocycles. The maximum Gasteiger partial charge on any atom is 0.112 e. The lowest BCUT2D eigenvalue weighted by Gasteiger charge is -2.11. The summed E-state index contributed by atoms with van der Waals surface area (Å²) in [6, 6.07) is 5.99. The Morgan fingerprint density at radius 3 is 2.90 bits per heavy atom. The van der Waals surface area contributed by atoms with Crippen molar-refractivity contribution < 1.29 is 4.74 Å². The minimum Gasteiger partial charge on any atom is -0.399 e. The molecule has 21 heavy (non-hydrogen) atoms. The summed E-state index contributed by atoms with van der Waals surface area (Å²) >= 11 is 0. The molecule has 0 unspecified atom stereocenters. The number of hydrogen-bond acceptors (Lipinski definition) is 3. The third-order valence-electron chi connectivity index (χ3n) is 4.04. The van der Waals surface area contributed by atoms with Gasteiger partial charge in [0, 0.05) is 31.4 Å². The van der Waals surface area contributed by atoms with Crippen molar-refractivity contribution in [3.63, 3.8) is 0 Å². The molecule has 1 aromatic heterocycles. The largest absolute Gasteiger partial charge is 0.399 e. The van der Waals surface area contributed by atoms with Crippen LogP contribution in [0.25, 0.3) is 11.0 Å². The van der Waals surface area contributed by atoms with Crippen LogP contribution in [-0.2, 0) is 11.3 Å². The van der Waals surface area contributed by atoms with Crippen LogP contribution in [0.3, 0.4) is 0 Å². The molecule has 0 spiro atoms. The lowest BCUT2D eigenvalue weighted by molar-refractivity contribution is 0.119. The Hall–Kier alpha value is -1.55. The van der Waals surface area contributed by atoms with Crippen molar-refractivity contribution in [3.8, 4) is 0 Å². The number of imidazole rings is 1. The van der Waals surface area contributed by atoms with Gasteiger partial charge in [0.15, 0.2) is 0 Å². The number of aromatic nitrogens is 2. The average Bonchev–Trinajstić information content (AvgIpc) is 3.19. The summed E-state index contributed by atoms with van der Waals surface area (Å²) in [6.07, 6.45) is 3.73. The Bertz CT molecular complexity index is 614. The summed E-state index contributed by atoms with van der Waals surface area (Å²) < 4.78 is 8.05. The zero-order valence-electron chi connectivity index (χ0n) is 13.0. The third-order valence-corrected chi connectivity index (χ3v) is 4.04. The molecule has 4 heteroatoms. The number of nitrogens with zero attached hydrogens (tertiary/aromatic N) is 2. The lowest BCUT2D eigenvalue weighted by atomic mass is 10.2. The molecule has 0 bridgehead atoms. The zero-order chi connectivity index (χ0) is 14.8. The average molecular weight is 287 g/mol. The number of anilines is 1. The second kappa shape index (κ2) is 6.06. The van der Waals surface area contributed by atoms with Gasteiger partial charge in [-0.05, 0) is 43.4 Å². The Labute approximate surface area is 126 Å². The van der Waals surface area contributed by atoms with Gasteiger partial charge in [0.2, 0.25) is 0 Å². The number of nitrogen functional groups attached to an aromatic ring is 1. The molecule has 0 aliphatic heterocycles. The Kier molecular flexibility index (Phi) is 4.15. The SMILES string of the molecule is CC(C)c1nc2cc(N)ccc2n1CCCOCC1CC1. The van der Waals surface area contributed by atoms with E-state index in [1.807, 2.05) is 12.1 Å². The minimum absolute atomic E-state index is 0.408. The van der Waals surface area contributed by atoms with Crippen LogP contribution in [0.4, 0.5) is 5.69 Å². The van der Waals surface area contributed by atoms with Crippen LogP contribution in [0.15, 0.2) is 18.2 Å². The van der Waals surface area contributed by atoms with E-state index >= 15 is 0 Å². The van der Waals surface area contributed by atoms with Crippen LogP contribution in [0.1, 0.15) is 44.9 Å². The van der Waals surface area contributed by atoms with Crippen molar-refractivity contribution in [1.29, 1.82) is 0 Å². The number of ether oxygens (including phenoxy) is 1. The standard InChI is InChI=1S/C17H25N3O/c1-12(2)17-19-15-10-14(18)6-7-16(15)20(17)8-3-9-21-11-13-4-5-13/h6-7,10,12-13H,3-5,8-9,11,18H2,1-2H3. The van der Waals surface area contributed by atoms with E-state index in [2.05, 4.69) is 24.5 Å². The molecule has 0 saturated heterocycles. The van der Waals surface area contributed by atoms with Crippen LogP contribution in [0.5, 0.6) is 0 Å². The van der Waals surface area contributed by atoms with Gasteiger partial charge in [0.05, 0.1) is 11.0 Å². The second-order valence-corrected chi connectivity index (χ2v) is 6.40. The van der Waals surface area contributed by atoms with Crippen molar-refractivity contribution in [2.45, 2.75) is 45.6 Å². The van der Waals surface area contributed by atoms with Gasteiger partial charge >= 0.3 is 0 Å². The Morgan fingerprint density at radius 2 is 2.19 bits per heavy atom. The molecular formula is C17H25N3O. The highest BCUT2D eigenvalue weighted by Gasteiger charge is 2.21. The molecule has 1 heterocycles. The minimum atomic E-state index is 0.408. The summed E-state index contributed by atoms with van der Waals surface area (Å²) in [5.74, 6) is 2.39. The first-order valence-electron chi connectivity index (χ1n) is 7.98. The maximum absolute atomic E-state index is 5.86. The Morgan fingerprint density at radius 1 is 1.38 bits per heavy atom. The highest BCUT2D eigenvalue weighted by Crippen LogP contribution is 2.29. The van der Waals surface area contributed by atoms with E-state index in [9.17, 15) is 0 Å². The van der Waals surface area contributed by atoms with Gasteiger partial charge in [-0.2, -0.15) is 0 Å².